The van der Waals surface area contributed by atoms with Crippen LogP contribution in [0.25, 0.3) is 0 Å². The zero-order valence-corrected chi connectivity index (χ0v) is 12.7. The van der Waals surface area contributed by atoms with Gasteiger partial charge in [-0.2, -0.15) is 0 Å². The number of methoxy groups -OCH3 is 1. The normalized spacial score (nSPS) is 10.4. The molecule has 0 bridgehead atoms. The van der Waals surface area contributed by atoms with Gasteiger partial charge in [0, 0.05) is 11.1 Å². The first-order valence-corrected chi connectivity index (χ1v) is 6.70. The second-order valence-corrected chi connectivity index (χ2v) is 5.25. The number of ketones is 1. The average molecular weight is 331 g/mol. The molecule has 0 aliphatic rings. The van der Waals surface area contributed by atoms with E-state index in [2.05, 4.69) is 0 Å². The van der Waals surface area contributed by atoms with Crippen LogP contribution in [-0.2, 0) is 0 Å². The van der Waals surface area contributed by atoms with Gasteiger partial charge in [0.25, 0.3) is 0 Å². The summed E-state index contributed by atoms with van der Waals surface area (Å²) in [5.41, 5.74) is 6.66. The van der Waals surface area contributed by atoms with Gasteiger partial charge >= 0.3 is 0 Å². The molecule has 2 aromatic rings. The summed E-state index contributed by atoms with van der Waals surface area (Å²) in [7, 11) is 1.48. The summed E-state index contributed by atoms with van der Waals surface area (Å²) in [4.78, 5) is 12.4. The molecule has 0 atom stereocenters. The highest BCUT2D eigenvalue weighted by Gasteiger charge is 2.15. The number of benzene rings is 2. The van der Waals surface area contributed by atoms with Gasteiger partial charge in [-0.3, -0.25) is 4.79 Å². The SMILES string of the molecule is COc1cc(C(=O)c2cc(Cl)c(N)c(Cl)c2)ccc1Cl. The zero-order valence-electron chi connectivity index (χ0n) is 10.4. The summed E-state index contributed by atoms with van der Waals surface area (Å²) in [6.45, 7) is 0. The largest absolute Gasteiger partial charge is 0.495 e. The summed E-state index contributed by atoms with van der Waals surface area (Å²) >= 11 is 17.8. The number of hydrogen-bond acceptors (Lipinski definition) is 3. The molecule has 2 aromatic carbocycles. The Balaban J connectivity index is 2.46. The van der Waals surface area contributed by atoms with E-state index in [1.54, 1.807) is 18.2 Å². The molecule has 0 radical (unpaired) electrons. The topological polar surface area (TPSA) is 52.3 Å². The Morgan fingerprint density at radius 1 is 1.00 bits per heavy atom. The maximum Gasteiger partial charge on any atom is 0.193 e. The van der Waals surface area contributed by atoms with Crippen molar-refractivity contribution in [1.29, 1.82) is 0 Å². The van der Waals surface area contributed by atoms with E-state index < -0.39 is 0 Å². The third-order valence-corrected chi connectivity index (χ3v) is 3.69. The number of carbonyl (C=O) groups excluding carboxylic acids is 1. The van der Waals surface area contributed by atoms with E-state index in [-0.39, 0.29) is 21.5 Å². The number of anilines is 1. The molecule has 104 valence electrons. The first-order chi connectivity index (χ1) is 9.43. The van der Waals surface area contributed by atoms with Crippen LogP contribution < -0.4 is 10.5 Å². The molecule has 2 rings (SSSR count). The van der Waals surface area contributed by atoms with Gasteiger partial charge < -0.3 is 10.5 Å². The van der Waals surface area contributed by atoms with Gasteiger partial charge in [-0.15, -0.1) is 0 Å². The van der Waals surface area contributed by atoms with Crippen LogP contribution in [0.3, 0.4) is 0 Å². The van der Waals surface area contributed by atoms with Crippen LogP contribution in [0, 0.1) is 0 Å². The van der Waals surface area contributed by atoms with Gasteiger partial charge in [-0.1, -0.05) is 34.8 Å². The lowest BCUT2D eigenvalue weighted by atomic mass is 10.0. The number of nitrogen functional groups attached to an aromatic ring is 1. The number of nitrogens with two attached hydrogens (primary N) is 1. The van der Waals surface area contributed by atoms with Gasteiger partial charge in [0.1, 0.15) is 5.75 Å². The van der Waals surface area contributed by atoms with Gasteiger partial charge in [-0.05, 0) is 30.3 Å². The predicted octanol–water partition coefficient (Wildman–Crippen LogP) is 4.47. The maximum atomic E-state index is 12.4. The summed E-state index contributed by atoms with van der Waals surface area (Å²) in [6, 6.07) is 7.71. The Hall–Kier alpha value is -1.42. The predicted molar refractivity (Wildman–Crippen MR) is 82.3 cm³/mol. The zero-order chi connectivity index (χ0) is 14.9. The Labute approximate surface area is 131 Å². The van der Waals surface area contributed by atoms with Gasteiger partial charge in [0.2, 0.25) is 0 Å². The molecule has 0 saturated carbocycles. The minimum Gasteiger partial charge on any atom is -0.495 e. The van der Waals surface area contributed by atoms with Crippen LogP contribution >= 0.6 is 34.8 Å². The van der Waals surface area contributed by atoms with E-state index in [9.17, 15) is 4.79 Å². The first kappa shape index (κ1) is 15.0. The fourth-order valence-electron chi connectivity index (χ4n) is 1.68. The fraction of sp³-hybridized carbons (Fsp3) is 0.0714. The Morgan fingerprint density at radius 2 is 1.60 bits per heavy atom. The monoisotopic (exact) mass is 329 g/mol. The minimum absolute atomic E-state index is 0.238. The van der Waals surface area contributed by atoms with Crippen molar-refractivity contribution in [2.24, 2.45) is 0 Å². The van der Waals surface area contributed by atoms with Crippen LogP contribution in [0.2, 0.25) is 15.1 Å². The molecule has 3 nitrogen and oxygen atoms in total. The van der Waals surface area contributed by atoms with Crippen LogP contribution in [0.1, 0.15) is 15.9 Å². The van der Waals surface area contributed by atoms with Crippen molar-refractivity contribution in [2.45, 2.75) is 0 Å². The van der Waals surface area contributed by atoms with E-state index in [4.69, 9.17) is 45.3 Å². The van der Waals surface area contributed by atoms with Crippen molar-refractivity contribution in [3.8, 4) is 5.75 Å². The molecule has 0 unspecified atom stereocenters. The number of rotatable bonds is 3. The van der Waals surface area contributed by atoms with E-state index in [1.807, 2.05) is 0 Å². The van der Waals surface area contributed by atoms with Crippen molar-refractivity contribution in [2.75, 3.05) is 12.8 Å². The molecule has 6 heteroatoms. The van der Waals surface area contributed by atoms with Crippen LogP contribution in [0.5, 0.6) is 5.75 Å². The molecule has 20 heavy (non-hydrogen) atoms. The number of carbonyl (C=O) groups is 1. The van der Waals surface area contributed by atoms with Crippen molar-refractivity contribution < 1.29 is 9.53 Å². The Kier molecular flexibility index (Phi) is 4.43. The molecular weight excluding hydrogens is 321 g/mol. The highest BCUT2D eigenvalue weighted by molar-refractivity contribution is 6.39. The smallest absolute Gasteiger partial charge is 0.193 e. The molecule has 0 heterocycles. The molecule has 0 saturated heterocycles. The molecule has 0 fully saturated rings. The van der Waals surface area contributed by atoms with E-state index in [0.29, 0.717) is 21.9 Å². The third kappa shape index (κ3) is 2.85. The van der Waals surface area contributed by atoms with Crippen molar-refractivity contribution >= 4 is 46.3 Å². The van der Waals surface area contributed by atoms with Crippen LogP contribution in [-0.4, -0.2) is 12.9 Å². The molecule has 0 aliphatic heterocycles. The first-order valence-electron chi connectivity index (χ1n) is 5.56. The standard InChI is InChI=1S/C14H10Cl3NO2/c1-20-12-6-7(2-3-9(12)15)14(19)8-4-10(16)13(18)11(17)5-8/h2-6H,18H2,1H3. The summed E-state index contributed by atoms with van der Waals surface area (Å²) < 4.78 is 5.08. The van der Waals surface area contributed by atoms with Crippen molar-refractivity contribution in [3.05, 3.63) is 56.5 Å². The third-order valence-electron chi connectivity index (χ3n) is 2.75. The maximum absolute atomic E-state index is 12.4. The number of ether oxygens (including phenoxy) is 1. The summed E-state index contributed by atoms with van der Waals surface area (Å²) in [5.74, 6) is 0.175. The molecule has 0 amide bonds. The van der Waals surface area contributed by atoms with Crippen molar-refractivity contribution in [1.82, 2.24) is 0 Å². The minimum atomic E-state index is -0.247. The summed E-state index contributed by atoms with van der Waals surface area (Å²) in [5, 5.41) is 0.904. The lowest BCUT2D eigenvalue weighted by Gasteiger charge is -2.08. The number of halogens is 3. The molecule has 2 N–H and O–H groups in total. The highest BCUT2D eigenvalue weighted by Crippen LogP contribution is 2.31. The van der Waals surface area contributed by atoms with Crippen LogP contribution in [0.15, 0.2) is 30.3 Å². The molecule has 0 spiro atoms. The van der Waals surface area contributed by atoms with Crippen LogP contribution in [0.4, 0.5) is 5.69 Å². The van der Waals surface area contributed by atoms with Crippen molar-refractivity contribution in [3.63, 3.8) is 0 Å². The Bertz CT molecular complexity index is 663. The summed E-state index contributed by atoms with van der Waals surface area (Å²) in [6.07, 6.45) is 0. The van der Waals surface area contributed by atoms with E-state index in [1.165, 1.54) is 19.2 Å². The lowest BCUT2D eigenvalue weighted by molar-refractivity contribution is 0.103. The molecule has 0 aromatic heterocycles. The number of hydrogen-bond donors (Lipinski definition) is 1. The molecule has 0 aliphatic carbocycles. The lowest BCUT2D eigenvalue weighted by Crippen LogP contribution is -2.03. The molecular formula is C14H10Cl3NO2. The quantitative estimate of drug-likeness (QED) is 0.667. The highest BCUT2D eigenvalue weighted by atomic mass is 35.5. The van der Waals surface area contributed by atoms with Gasteiger partial charge in [0.05, 0.1) is 27.9 Å². The average Bonchev–Trinajstić information content (AvgIpc) is 2.44. The second-order valence-electron chi connectivity index (χ2n) is 4.03. The van der Waals surface area contributed by atoms with E-state index >= 15 is 0 Å². The van der Waals surface area contributed by atoms with E-state index in [0.717, 1.165) is 0 Å². The fourth-order valence-corrected chi connectivity index (χ4v) is 2.36. The Morgan fingerprint density at radius 3 is 2.15 bits per heavy atom. The van der Waals surface area contributed by atoms with Gasteiger partial charge in [-0.25, -0.2) is 0 Å². The second kappa shape index (κ2) is 5.92. The van der Waals surface area contributed by atoms with Gasteiger partial charge in [0.15, 0.2) is 5.78 Å².